The molecule has 4 heteroatoms. The van der Waals surface area contributed by atoms with Crippen molar-refractivity contribution in [3.8, 4) is 11.4 Å². The number of aryl methyl sites for hydroxylation is 3. The Hall–Kier alpha value is -2.07. The summed E-state index contributed by atoms with van der Waals surface area (Å²) in [6.07, 6.45) is 0. The van der Waals surface area contributed by atoms with Crippen LogP contribution in [-0.2, 0) is 13.6 Å². The molecule has 0 saturated heterocycles. The highest BCUT2D eigenvalue weighted by atomic mass is 16.3. The molecule has 0 aliphatic heterocycles. The van der Waals surface area contributed by atoms with Gasteiger partial charge in [0.2, 0.25) is 0 Å². The maximum absolute atomic E-state index is 5.72. The number of aromatic nitrogens is 2. The van der Waals surface area contributed by atoms with Crippen molar-refractivity contribution in [1.82, 2.24) is 9.55 Å². The molecule has 0 aliphatic carbocycles. The lowest BCUT2D eigenvalue weighted by Gasteiger charge is -2.03. The van der Waals surface area contributed by atoms with Gasteiger partial charge in [-0.1, -0.05) is 6.07 Å². The highest BCUT2D eigenvalue weighted by molar-refractivity contribution is 5.82. The molecule has 2 aromatic heterocycles. The zero-order chi connectivity index (χ0) is 14.4. The van der Waals surface area contributed by atoms with E-state index in [1.807, 2.05) is 33.0 Å². The molecule has 0 amide bonds. The SMILES string of the molecule is Cc1oc(C)c(-c2nc3ccc(CN)cc3n2C)c1C. The molecule has 0 atom stereocenters. The van der Waals surface area contributed by atoms with Crippen LogP contribution in [0.3, 0.4) is 0 Å². The van der Waals surface area contributed by atoms with Crippen molar-refractivity contribution in [3.05, 3.63) is 40.8 Å². The van der Waals surface area contributed by atoms with E-state index in [0.717, 1.165) is 45.1 Å². The smallest absolute Gasteiger partial charge is 0.144 e. The van der Waals surface area contributed by atoms with Crippen molar-refractivity contribution in [3.63, 3.8) is 0 Å². The van der Waals surface area contributed by atoms with Crippen LogP contribution in [0.25, 0.3) is 22.4 Å². The standard InChI is InChI=1S/C16H19N3O/c1-9-10(2)20-11(3)15(9)16-18-13-6-5-12(8-17)7-14(13)19(16)4/h5-7H,8,17H2,1-4H3. The van der Waals surface area contributed by atoms with E-state index in [-0.39, 0.29) is 0 Å². The van der Waals surface area contributed by atoms with E-state index < -0.39 is 0 Å². The van der Waals surface area contributed by atoms with Crippen LogP contribution >= 0.6 is 0 Å². The number of hydrogen-bond acceptors (Lipinski definition) is 3. The Kier molecular flexibility index (Phi) is 2.91. The van der Waals surface area contributed by atoms with Crippen LogP contribution in [0, 0.1) is 20.8 Å². The number of benzene rings is 1. The predicted octanol–water partition coefficient (Wildman–Crippen LogP) is 3.22. The minimum atomic E-state index is 0.541. The van der Waals surface area contributed by atoms with Gasteiger partial charge in [-0.25, -0.2) is 4.98 Å². The maximum Gasteiger partial charge on any atom is 0.144 e. The first-order chi connectivity index (χ1) is 9.52. The average molecular weight is 269 g/mol. The van der Waals surface area contributed by atoms with Gasteiger partial charge in [-0.3, -0.25) is 0 Å². The van der Waals surface area contributed by atoms with Gasteiger partial charge in [0.1, 0.15) is 17.3 Å². The molecule has 0 fully saturated rings. The minimum Gasteiger partial charge on any atom is -0.466 e. The molecule has 0 unspecified atom stereocenters. The molecule has 0 radical (unpaired) electrons. The van der Waals surface area contributed by atoms with E-state index in [1.54, 1.807) is 0 Å². The van der Waals surface area contributed by atoms with Crippen LogP contribution in [0.4, 0.5) is 0 Å². The summed E-state index contributed by atoms with van der Waals surface area (Å²) in [5.41, 5.74) is 11.2. The number of hydrogen-bond donors (Lipinski definition) is 1. The van der Waals surface area contributed by atoms with Gasteiger partial charge in [-0.15, -0.1) is 0 Å². The number of furan rings is 1. The van der Waals surface area contributed by atoms with Gasteiger partial charge in [0, 0.05) is 19.2 Å². The van der Waals surface area contributed by atoms with Crippen LogP contribution in [0.15, 0.2) is 22.6 Å². The quantitative estimate of drug-likeness (QED) is 0.777. The highest BCUT2D eigenvalue weighted by Gasteiger charge is 2.19. The Morgan fingerprint density at radius 2 is 1.95 bits per heavy atom. The lowest BCUT2D eigenvalue weighted by Crippen LogP contribution is -1.97. The molecule has 3 aromatic rings. The van der Waals surface area contributed by atoms with Crippen molar-refractivity contribution in [2.75, 3.05) is 0 Å². The zero-order valence-corrected chi connectivity index (χ0v) is 12.3. The Balaban J connectivity index is 2.29. The summed E-state index contributed by atoms with van der Waals surface area (Å²) in [5.74, 6) is 2.81. The van der Waals surface area contributed by atoms with E-state index in [0.29, 0.717) is 6.54 Å². The van der Waals surface area contributed by atoms with E-state index in [1.165, 1.54) is 0 Å². The number of imidazole rings is 1. The van der Waals surface area contributed by atoms with Gasteiger partial charge in [0.05, 0.1) is 16.6 Å². The highest BCUT2D eigenvalue weighted by Crippen LogP contribution is 2.32. The normalized spacial score (nSPS) is 11.4. The Bertz CT molecular complexity index is 796. The summed E-state index contributed by atoms with van der Waals surface area (Å²) in [4.78, 5) is 4.76. The van der Waals surface area contributed by atoms with Gasteiger partial charge in [0.15, 0.2) is 0 Å². The van der Waals surface area contributed by atoms with Gasteiger partial charge < -0.3 is 14.7 Å². The van der Waals surface area contributed by atoms with Crippen molar-refractivity contribution in [2.24, 2.45) is 12.8 Å². The monoisotopic (exact) mass is 269 g/mol. The Morgan fingerprint density at radius 3 is 2.55 bits per heavy atom. The van der Waals surface area contributed by atoms with Crippen LogP contribution in [0.5, 0.6) is 0 Å². The van der Waals surface area contributed by atoms with E-state index in [2.05, 4.69) is 17.6 Å². The summed E-state index contributed by atoms with van der Waals surface area (Å²) in [5, 5.41) is 0. The second kappa shape index (κ2) is 4.49. The van der Waals surface area contributed by atoms with Gasteiger partial charge in [-0.2, -0.15) is 0 Å². The topological polar surface area (TPSA) is 57.0 Å². The molecule has 0 spiro atoms. The van der Waals surface area contributed by atoms with Crippen LogP contribution in [0.1, 0.15) is 22.6 Å². The van der Waals surface area contributed by atoms with Crippen molar-refractivity contribution < 1.29 is 4.42 Å². The first kappa shape index (κ1) is 12.9. The molecule has 104 valence electrons. The third-order valence-corrected chi connectivity index (χ3v) is 3.97. The first-order valence-electron chi connectivity index (χ1n) is 6.75. The lowest BCUT2D eigenvalue weighted by molar-refractivity contribution is 0.503. The lowest BCUT2D eigenvalue weighted by atomic mass is 10.1. The Morgan fingerprint density at radius 1 is 1.20 bits per heavy atom. The first-order valence-corrected chi connectivity index (χ1v) is 6.75. The minimum absolute atomic E-state index is 0.541. The van der Waals surface area contributed by atoms with Crippen LogP contribution in [-0.4, -0.2) is 9.55 Å². The van der Waals surface area contributed by atoms with E-state index in [9.17, 15) is 0 Å². The average Bonchev–Trinajstić information content (AvgIpc) is 2.87. The van der Waals surface area contributed by atoms with Crippen LogP contribution in [0.2, 0.25) is 0 Å². The number of fused-ring (bicyclic) bond motifs is 1. The summed E-state index contributed by atoms with van der Waals surface area (Å²) in [6.45, 7) is 6.59. The molecular weight excluding hydrogens is 250 g/mol. The summed E-state index contributed by atoms with van der Waals surface area (Å²) >= 11 is 0. The fraction of sp³-hybridized carbons (Fsp3) is 0.312. The largest absolute Gasteiger partial charge is 0.466 e. The molecule has 2 heterocycles. The predicted molar refractivity (Wildman–Crippen MR) is 80.5 cm³/mol. The molecule has 2 N–H and O–H groups in total. The third kappa shape index (κ3) is 1.76. The second-order valence-corrected chi connectivity index (χ2v) is 5.24. The molecule has 0 aliphatic rings. The van der Waals surface area contributed by atoms with Crippen molar-refractivity contribution in [1.29, 1.82) is 0 Å². The molecule has 0 bridgehead atoms. The van der Waals surface area contributed by atoms with Crippen molar-refractivity contribution in [2.45, 2.75) is 27.3 Å². The second-order valence-electron chi connectivity index (χ2n) is 5.24. The zero-order valence-electron chi connectivity index (χ0n) is 12.3. The summed E-state index contributed by atoms with van der Waals surface area (Å²) in [6, 6.07) is 6.15. The fourth-order valence-corrected chi connectivity index (χ4v) is 2.71. The van der Waals surface area contributed by atoms with Crippen molar-refractivity contribution >= 4 is 11.0 Å². The van der Waals surface area contributed by atoms with Gasteiger partial charge in [-0.05, 0) is 38.5 Å². The molecule has 1 aromatic carbocycles. The Labute approximate surface area is 118 Å². The molecule has 3 rings (SSSR count). The molecular formula is C16H19N3O. The molecule has 4 nitrogen and oxygen atoms in total. The maximum atomic E-state index is 5.72. The summed E-state index contributed by atoms with van der Waals surface area (Å²) < 4.78 is 7.83. The number of nitrogens with zero attached hydrogens (tertiary/aromatic N) is 2. The number of rotatable bonds is 2. The van der Waals surface area contributed by atoms with E-state index >= 15 is 0 Å². The number of nitrogens with two attached hydrogens (primary N) is 1. The van der Waals surface area contributed by atoms with Crippen LogP contribution < -0.4 is 5.73 Å². The summed E-state index contributed by atoms with van der Waals surface area (Å²) in [7, 11) is 2.03. The van der Waals surface area contributed by atoms with Gasteiger partial charge >= 0.3 is 0 Å². The molecule has 20 heavy (non-hydrogen) atoms. The third-order valence-electron chi connectivity index (χ3n) is 3.97. The van der Waals surface area contributed by atoms with Gasteiger partial charge in [0.25, 0.3) is 0 Å². The fourth-order valence-electron chi connectivity index (χ4n) is 2.71. The molecule has 0 saturated carbocycles. The van der Waals surface area contributed by atoms with E-state index in [4.69, 9.17) is 15.1 Å².